The van der Waals surface area contributed by atoms with Crippen molar-refractivity contribution in [1.29, 1.82) is 0 Å². The summed E-state index contributed by atoms with van der Waals surface area (Å²) in [6.07, 6.45) is 8.52. The van der Waals surface area contributed by atoms with E-state index in [1.54, 1.807) is 12.3 Å². The van der Waals surface area contributed by atoms with Gasteiger partial charge in [-0.05, 0) is 76.3 Å². The Kier molecular flexibility index (Phi) is 7.28. The van der Waals surface area contributed by atoms with Crippen molar-refractivity contribution in [3.63, 3.8) is 0 Å². The molecule has 1 saturated heterocycles. The average molecular weight is 544 g/mol. The second kappa shape index (κ2) is 11.0. The van der Waals surface area contributed by atoms with Crippen LogP contribution >= 0.6 is 11.6 Å². The highest BCUT2D eigenvalue weighted by Crippen LogP contribution is 2.40. The van der Waals surface area contributed by atoms with Crippen LogP contribution in [0.15, 0.2) is 47.4 Å². The van der Waals surface area contributed by atoms with Gasteiger partial charge in [0.25, 0.3) is 5.56 Å². The maximum atomic E-state index is 13.5. The molecular weight excluding hydrogens is 510 g/mol. The molecule has 1 atom stereocenters. The number of aryl methyl sites for hydroxylation is 2. The number of piperidine rings is 1. The summed E-state index contributed by atoms with van der Waals surface area (Å²) in [5.74, 6) is 2.58. The first-order chi connectivity index (χ1) is 18.9. The van der Waals surface area contributed by atoms with Crippen LogP contribution < -0.4 is 20.9 Å². The molecule has 39 heavy (non-hydrogen) atoms. The van der Waals surface area contributed by atoms with E-state index < -0.39 is 0 Å². The summed E-state index contributed by atoms with van der Waals surface area (Å²) in [5, 5.41) is 8.24. The van der Waals surface area contributed by atoms with Crippen LogP contribution in [0.25, 0.3) is 22.0 Å². The Morgan fingerprint density at radius 1 is 1.08 bits per heavy atom. The van der Waals surface area contributed by atoms with Crippen LogP contribution in [0.2, 0.25) is 5.02 Å². The first-order valence-electron chi connectivity index (χ1n) is 13.9. The summed E-state index contributed by atoms with van der Waals surface area (Å²) in [7, 11) is 0. The number of fused-ring (bicyclic) bond motifs is 1. The number of ether oxygens (including phenoxy) is 1. The SMILES string of the molecule is Cc1cc(C)cc(-c2c(OCC[C@@H]3CCCCN3)c3cc(Nc4ccnc(C5CC5)n4)c(Cl)cc3[nH]c2=O)c1. The molecular formula is C31H34ClN5O2. The van der Waals surface area contributed by atoms with Crippen LogP contribution in [-0.2, 0) is 0 Å². The second-order valence-corrected chi connectivity index (χ2v) is 11.3. The minimum atomic E-state index is -0.194. The third kappa shape index (κ3) is 5.80. The zero-order valence-corrected chi connectivity index (χ0v) is 23.2. The molecule has 2 aromatic carbocycles. The highest BCUT2D eigenvalue weighted by Gasteiger charge is 2.26. The second-order valence-electron chi connectivity index (χ2n) is 10.9. The Morgan fingerprint density at radius 3 is 2.64 bits per heavy atom. The number of halogens is 1. The van der Waals surface area contributed by atoms with Crippen LogP contribution in [0.4, 0.5) is 11.5 Å². The van der Waals surface area contributed by atoms with E-state index in [2.05, 4.69) is 26.7 Å². The van der Waals surface area contributed by atoms with Gasteiger partial charge in [0.15, 0.2) is 0 Å². The van der Waals surface area contributed by atoms with Crippen molar-refractivity contribution in [3.8, 4) is 16.9 Å². The molecule has 8 heteroatoms. The van der Waals surface area contributed by atoms with E-state index in [4.69, 9.17) is 21.3 Å². The highest BCUT2D eigenvalue weighted by atomic mass is 35.5. The number of aromatic amines is 1. The van der Waals surface area contributed by atoms with Gasteiger partial charge in [0.1, 0.15) is 17.4 Å². The lowest BCUT2D eigenvalue weighted by Gasteiger charge is -2.24. The fourth-order valence-corrected chi connectivity index (χ4v) is 5.72. The summed E-state index contributed by atoms with van der Waals surface area (Å²) in [6.45, 7) is 5.64. The maximum Gasteiger partial charge on any atom is 0.260 e. The van der Waals surface area contributed by atoms with Gasteiger partial charge in [-0.25, -0.2) is 9.97 Å². The van der Waals surface area contributed by atoms with Crippen LogP contribution in [0.3, 0.4) is 0 Å². The first kappa shape index (κ1) is 25.8. The van der Waals surface area contributed by atoms with E-state index in [1.807, 2.05) is 38.1 Å². The van der Waals surface area contributed by atoms with Gasteiger partial charge in [0, 0.05) is 23.5 Å². The van der Waals surface area contributed by atoms with E-state index in [-0.39, 0.29) is 5.56 Å². The summed E-state index contributed by atoms with van der Waals surface area (Å²) in [6, 6.07) is 12.2. The van der Waals surface area contributed by atoms with Gasteiger partial charge in [0.2, 0.25) is 0 Å². The Balaban J connectivity index is 1.42. The number of benzene rings is 2. The molecule has 2 aromatic heterocycles. The van der Waals surface area contributed by atoms with Gasteiger partial charge in [-0.3, -0.25) is 4.79 Å². The van der Waals surface area contributed by atoms with E-state index in [0.717, 1.165) is 60.1 Å². The number of nitrogens with one attached hydrogen (secondary N) is 3. The summed E-state index contributed by atoms with van der Waals surface area (Å²) in [4.78, 5) is 25.7. The Morgan fingerprint density at radius 2 is 1.90 bits per heavy atom. The zero-order valence-electron chi connectivity index (χ0n) is 22.4. The number of hydrogen-bond acceptors (Lipinski definition) is 6. The molecule has 0 amide bonds. The number of rotatable bonds is 8. The van der Waals surface area contributed by atoms with E-state index in [1.165, 1.54) is 12.8 Å². The molecule has 1 aliphatic carbocycles. The van der Waals surface area contributed by atoms with Crippen molar-refractivity contribution >= 4 is 34.0 Å². The molecule has 202 valence electrons. The molecule has 2 aliphatic rings. The molecule has 6 rings (SSSR count). The van der Waals surface area contributed by atoms with Gasteiger partial charge in [-0.15, -0.1) is 0 Å². The van der Waals surface area contributed by atoms with Gasteiger partial charge in [-0.1, -0.05) is 47.3 Å². The smallest absolute Gasteiger partial charge is 0.260 e. The third-order valence-electron chi connectivity index (χ3n) is 7.57. The average Bonchev–Trinajstić information content (AvgIpc) is 3.75. The predicted octanol–water partition coefficient (Wildman–Crippen LogP) is 6.79. The lowest BCUT2D eigenvalue weighted by Crippen LogP contribution is -2.35. The Bertz CT molecular complexity index is 1550. The topological polar surface area (TPSA) is 91.9 Å². The van der Waals surface area contributed by atoms with E-state index in [9.17, 15) is 4.79 Å². The van der Waals surface area contributed by atoms with Crippen molar-refractivity contribution in [2.45, 2.75) is 64.3 Å². The van der Waals surface area contributed by atoms with Crippen LogP contribution in [-0.4, -0.2) is 34.1 Å². The van der Waals surface area contributed by atoms with E-state index in [0.29, 0.717) is 51.9 Å². The lowest BCUT2D eigenvalue weighted by atomic mass is 9.99. The largest absolute Gasteiger partial charge is 0.492 e. The van der Waals surface area contributed by atoms with E-state index >= 15 is 0 Å². The summed E-state index contributed by atoms with van der Waals surface area (Å²) >= 11 is 6.70. The van der Waals surface area contributed by atoms with Crippen molar-refractivity contribution in [2.24, 2.45) is 0 Å². The number of anilines is 2. The molecule has 2 fully saturated rings. The molecule has 4 aromatic rings. The van der Waals surface area contributed by atoms with Crippen molar-refractivity contribution in [1.82, 2.24) is 20.3 Å². The minimum absolute atomic E-state index is 0.194. The van der Waals surface area contributed by atoms with Gasteiger partial charge in [-0.2, -0.15) is 0 Å². The molecule has 3 N–H and O–H groups in total. The molecule has 0 spiro atoms. The standard InChI is InChI=1S/C31H34ClN5O2/c1-18-13-19(2)15-21(14-18)28-29(39-12-9-22-5-3-4-10-33-22)23-16-26(24(32)17-25(23)36-31(28)38)35-27-8-11-34-30(37-27)20-6-7-20/h8,11,13-17,20,22,33H,3-7,9-10,12H2,1-2H3,(H,36,38)(H,34,35,37)/t22-/m0/s1. The lowest BCUT2D eigenvalue weighted by molar-refractivity contribution is 0.271. The normalized spacial score (nSPS) is 17.4. The summed E-state index contributed by atoms with van der Waals surface area (Å²) in [5.41, 5.74) is 4.71. The molecule has 3 heterocycles. The minimum Gasteiger partial charge on any atom is -0.492 e. The number of nitrogens with zero attached hydrogens (tertiary/aromatic N) is 2. The summed E-state index contributed by atoms with van der Waals surface area (Å²) < 4.78 is 6.52. The van der Waals surface area contributed by atoms with Crippen LogP contribution in [0.1, 0.15) is 61.4 Å². The van der Waals surface area contributed by atoms with Crippen LogP contribution in [0, 0.1) is 13.8 Å². The Hall–Kier alpha value is -3.42. The highest BCUT2D eigenvalue weighted by molar-refractivity contribution is 6.34. The Labute approximate surface area is 233 Å². The quantitative estimate of drug-likeness (QED) is 0.227. The first-order valence-corrected chi connectivity index (χ1v) is 14.3. The molecule has 0 unspecified atom stereocenters. The molecule has 0 radical (unpaired) electrons. The predicted molar refractivity (Wildman–Crippen MR) is 158 cm³/mol. The van der Waals surface area contributed by atoms with Crippen molar-refractivity contribution in [2.75, 3.05) is 18.5 Å². The monoisotopic (exact) mass is 543 g/mol. The third-order valence-corrected chi connectivity index (χ3v) is 7.88. The molecule has 1 aliphatic heterocycles. The van der Waals surface area contributed by atoms with Crippen LogP contribution in [0.5, 0.6) is 5.75 Å². The number of pyridine rings is 1. The molecule has 0 bridgehead atoms. The molecule has 1 saturated carbocycles. The fourth-order valence-electron chi connectivity index (χ4n) is 5.51. The van der Waals surface area contributed by atoms with Gasteiger partial charge >= 0.3 is 0 Å². The van der Waals surface area contributed by atoms with Gasteiger partial charge < -0.3 is 20.4 Å². The fraction of sp³-hybridized carbons (Fsp3) is 0.387. The number of hydrogen-bond donors (Lipinski definition) is 3. The zero-order chi connectivity index (χ0) is 26.9. The maximum absolute atomic E-state index is 13.5. The number of H-pyrrole nitrogens is 1. The van der Waals surface area contributed by atoms with Crippen molar-refractivity contribution in [3.05, 3.63) is 74.9 Å². The van der Waals surface area contributed by atoms with Crippen molar-refractivity contribution < 1.29 is 4.74 Å². The molecule has 7 nitrogen and oxygen atoms in total. The number of aromatic nitrogens is 3. The van der Waals surface area contributed by atoms with Gasteiger partial charge in [0.05, 0.1) is 28.4 Å².